The highest BCUT2D eigenvalue weighted by atomic mass is 32.1. The van der Waals surface area contributed by atoms with Gasteiger partial charge in [-0.2, -0.15) is 0 Å². The fourth-order valence-corrected chi connectivity index (χ4v) is 2.52. The van der Waals surface area contributed by atoms with Crippen LogP contribution in [0.2, 0.25) is 0 Å². The van der Waals surface area contributed by atoms with Gasteiger partial charge in [0.25, 0.3) is 5.91 Å². The van der Waals surface area contributed by atoms with E-state index in [2.05, 4.69) is 10.3 Å². The maximum Gasteiger partial charge on any atom is 0.257 e. The quantitative estimate of drug-likeness (QED) is 0.889. The van der Waals surface area contributed by atoms with E-state index in [9.17, 15) is 4.79 Å². The Morgan fingerprint density at radius 3 is 2.95 bits per heavy atom. The lowest BCUT2D eigenvalue weighted by Gasteiger charge is -2.07. The van der Waals surface area contributed by atoms with Crippen LogP contribution >= 0.6 is 11.3 Å². The third-order valence-electron chi connectivity index (χ3n) is 2.69. The van der Waals surface area contributed by atoms with Crippen LogP contribution in [0.1, 0.15) is 15.4 Å². The van der Waals surface area contributed by atoms with Gasteiger partial charge in [0.2, 0.25) is 0 Å². The highest BCUT2D eigenvalue weighted by molar-refractivity contribution is 7.11. The molecule has 0 radical (unpaired) electrons. The molecule has 0 spiro atoms. The summed E-state index contributed by atoms with van der Waals surface area (Å²) in [6.45, 7) is 4.64. The van der Waals surface area contributed by atoms with Crippen LogP contribution in [-0.2, 0) is 11.2 Å². The minimum Gasteiger partial charge on any atom is -0.484 e. The lowest BCUT2D eigenvalue weighted by molar-refractivity contribution is -0.123. The molecule has 1 aromatic carbocycles. The van der Waals surface area contributed by atoms with Gasteiger partial charge >= 0.3 is 0 Å². The summed E-state index contributed by atoms with van der Waals surface area (Å²) in [6.07, 6.45) is 2.61. The van der Waals surface area contributed by atoms with Crippen molar-refractivity contribution in [2.24, 2.45) is 0 Å². The first kappa shape index (κ1) is 14.5. The van der Waals surface area contributed by atoms with Gasteiger partial charge in [-0.1, -0.05) is 12.1 Å². The third kappa shape index (κ3) is 4.66. The molecular formula is C15H18N2O2S. The number of nitrogens with one attached hydrogen (secondary N) is 1. The average Bonchev–Trinajstić information content (AvgIpc) is 2.82. The number of aromatic nitrogens is 1. The summed E-state index contributed by atoms with van der Waals surface area (Å²) in [5.74, 6) is 0.607. The summed E-state index contributed by atoms with van der Waals surface area (Å²) in [7, 11) is 0. The van der Waals surface area contributed by atoms with E-state index in [4.69, 9.17) is 4.74 Å². The van der Waals surface area contributed by atoms with Crippen molar-refractivity contribution in [3.05, 3.63) is 45.9 Å². The Balaban J connectivity index is 1.68. The van der Waals surface area contributed by atoms with Crippen molar-refractivity contribution in [2.45, 2.75) is 20.3 Å². The molecule has 0 saturated carbocycles. The molecule has 2 aromatic rings. The number of thiazole rings is 1. The van der Waals surface area contributed by atoms with E-state index in [1.54, 1.807) is 11.3 Å². The second-order valence-corrected chi connectivity index (χ2v) is 5.89. The van der Waals surface area contributed by atoms with Gasteiger partial charge in [0.1, 0.15) is 5.75 Å². The lowest BCUT2D eigenvalue weighted by atomic mass is 10.2. The maximum atomic E-state index is 11.6. The zero-order valence-corrected chi connectivity index (χ0v) is 12.5. The molecule has 4 nitrogen and oxygen atoms in total. The molecular weight excluding hydrogens is 272 g/mol. The van der Waals surface area contributed by atoms with Gasteiger partial charge in [-0.05, 0) is 31.5 Å². The van der Waals surface area contributed by atoms with Crippen LogP contribution in [-0.4, -0.2) is 24.0 Å². The summed E-state index contributed by atoms with van der Waals surface area (Å²) in [5, 5.41) is 3.87. The van der Waals surface area contributed by atoms with Crippen LogP contribution in [0.4, 0.5) is 0 Å². The fraction of sp³-hybridized carbons (Fsp3) is 0.333. The first-order chi connectivity index (χ1) is 9.63. The number of ether oxygens (including phenoxy) is 1. The number of nitrogens with zero attached hydrogens (tertiary/aromatic N) is 1. The van der Waals surface area contributed by atoms with Crippen LogP contribution < -0.4 is 10.1 Å². The SMILES string of the molecule is Cc1cccc(OCC(=O)NCCc2ncc(C)s2)c1. The molecule has 1 aromatic heterocycles. The zero-order valence-electron chi connectivity index (χ0n) is 11.7. The Labute approximate surface area is 122 Å². The minimum atomic E-state index is -0.111. The van der Waals surface area contributed by atoms with E-state index in [1.807, 2.05) is 44.3 Å². The topological polar surface area (TPSA) is 51.2 Å². The fourth-order valence-electron chi connectivity index (χ4n) is 1.73. The number of benzene rings is 1. The van der Waals surface area contributed by atoms with E-state index in [0.29, 0.717) is 6.54 Å². The lowest BCUT2D eigenvalue weighted by Crippen LogP contribution is -2.30. The molecule has 5 heteroatoms. The number of hydrogen-bond acceptors (Lipinski definition) is 4. The van der Waals surface area contributed by atoms with Crippen molar-refractivity contribution >= 4 is 17.2 Å². The molecule has 1 N–H and O–H groups in total. The largest absolute Gasteiger partial charge is 0.484 e. The molecule has 0 fully saturated rings. The molecule has 1 heterocycles. The molecule has 2 rings (SSSR count). The Morgan fingerprint density at radius 1 is 1.40 bits per heavy atom. The average molecular weight is 290 g/mol. The number of rotatable bonds is 6. The highest BCUT2D eigenvalue weighted by Gasteiger charge is 2.04. The van der Waals surface area contributed by atoms with Gasteiger partial charge in [-0.3, -0.25) is 4.79 Å². The zero-order chi connectivity index (χ0) is 14.4. The van der Waals surface area contributed by atoms with Gasteiger partial charge < -0.3 is 10.1 Å². The maximum absolute atomic E-state index is 11.6. The number of aryl methyl sites for hydroxylation is 2. The van der Waals surface area contributed by atoms with Crippen molar-refractivity contribution in [1.82, 2.24) is 10.3 Å². The van der Waals surface area contributed by atoms with Crippen LogP contribution in [0.25, 0.3) is 0 Å². The molecule has 1 amide bonds. The van der Waals surface area contributed by atoms with E-state index >= 15 is 0 Å². The second-order valence-electron chi connectivity index (χ2n) is 4.57. The standard InChI is InChI=1S/C15H18N2O2S/c1-11-4-3-5-13(8-11)19-10-14(18)16-7-6-15-17-9-12(2)20-15/h3-5,8-9H,6-7,10H2,1-2H3,(H,16,18). The van der Waals surface area contributed by atoms with E-state index < -0.39 is 0 Å². The molecule has 0 bridgehead atoms. The molecule has 0 atom stereocenters. The van der Waals surface area contributed by atoms with E-state index in [0.717, 1.165) is 22.7 Å². The minimum absolute atomic E-state index is 0.0420. The molecule has 0 aliphatic carbocycles. The highest BCUT2D eigenvalue weighted by Crippen LogP contribution is 2.12. The second kappa shape index (κ2) is 7.05. The molecule has 0 saturated heterocycles. The van der Waals surface area contributed by atoms with Crippen molar-refractivity contribution in [2.75, 3.05) is 13.2 Å². The summed E-state index contributed by atoms with van der Waals surface area (Å²) >= 11 is 1.66. The van der Waals surface area contributed by atoms with Gasteiger partial charge in [0.15, 0.2) is 6.61 Å². The number of carbonyl (C=O) groups is 1. The Bertz CT molecular complexity index is 581. The number of amides is 1. The van der Waals surface area contributed by atoms with Crippen molar-refractivity contribution in [3.8, 4) is 5.75 Å². The summed E-state index contributed by atoms with van der Waals surface area (Å²) in [5.41, 5.74) is 1.11. The normalized spacial score (nSPS) is 10.3. The monoisotopic (exact) mass is 290 g/mol. The number of hydrogen-bond donors (Lipinski definition) is 1. The molecule has 106 valence electrons. The van der Waals surface area contributed by atoms with Crippen molar-refractivity contribution < 1.29 is 9.53 Å². The first-order valence-electron chi connectivity index (χ1n) is 6.51. The molecule has 0 unspecified atom stereocenters. The Morgan fingerprint density at radius 2 is 2.25 bits per heavy atom. The van der Waals surface area contributed by atoms with E-state index in [1.165, 1.54) is 4.88 Å². The molecule has 0 aliphatic rings. The van der Waals surface area contributed by atoms with Gasteiger partial charge in [0.05, 0.1) is 5.01 Å². The van der Waals surface area contributed by atoms with Crippen LogP contribution in [0.5, 0.6) is 5.75 Å². The Hall–Kier alpha value is -1.88. The predicted octanol–water partition coefficient (Wildman–Crippen LogP) is 2.50. The van der Waals surface area contributed by atoms with Gasteiger partial charge in [-0.15, -0.1) is 11.3 Å². The summed E-state index contributed by atoms with van der Waals surface area (Å²) in [6, 6.07) is 7.65. The number of carbonyl (C=O) groups excluding carboxylic acids is 1. The van der Waals surface area contributed by atoms with Crippen LogP contribution in [0.3, 0.4) is 0 Å². The predicted molar refractivity (Wildman–Crippen MR) is 80.2 cm³/mol. The molecule has 0 aliphatic heterocycles. The third-order valence-corrected chi connectivity index (χ3v) is 3.66. The summed E-state index contributed by atoms with van der Waals surface area (Å²) in [4.78, 5) is 17.1. The molecule has 20 heavy (non-hydrogen) atoms. The first-order valence-corrected chi connectivity index (χ1v) is 7.32. The Kier molecular flexibility index (Phi) is 5.12. The van der Waals surface area contributed by atoms with Crippen molar-refractivity contribution in [1.29, 1.82) is 0 Å². The van der Waals surface area contributed by atoms with Crippen LogP contribution in [0, 0.1) is 13.8 Å². The van der Waals surface area contributed by atoms with Gasteiger partial charge in [0, 0.05) is 24.0 Å². The van der Waals surface area contributed by atoms with Crippen LogP contribution in [0.15, 0.2) is 30.5 Å². The smallest absolute Gasteiger partial charge is 0.257 e. The summed E-state index contributed by atoms with van der Waals surface area (Å²) < 4.78 is 5.43. The van der Waals surface area contributed by atoms with E-state index in [-0.39, 0.29) is 12.5 Å². The van der Waals surface area contributed by atoms with Crippen molar-refractivity contribution in [3.63, 3.8) is 0 Å². The van der Waals surface area contributed by atoms with Gasteiger partial charge in [-0.25, -0.2) is 4.98 Å².